The summed E-state index contributed by atoms with van der Waals surface area (Å²) >= 11 is 0. The molecular weight excluding hydrogens is 408 g/mol. The van der Waals surface area contributed by atoms with Crippen LogP contribution in [-0.2, 0) is 14.3 Å². The summed E-state index contributed by atoms with van der Waals surface area (Å²) in [5.41, 5.74) is -1.52. The average molecular weight is 428 g/mol. The zero-order chi connectivity index (χ0) is 22.6. The number of benzene rings is 1. The van der Waals surface area contributed by atoms with Crippen molar-refractivity contribution in [3.63, 3.8) is 0 Å². The summed E-state index contributed by atoms with van der Waals surface area (Å²) in [6.45, 7) is 4.50. The number of rotatable bonds is 6. The van der Waals surface area contributed by atoms with Crippen LogP contribution < -0.4 is 5.32 Å². The van der Waals surface area contributed by atoms with Crippen LogP contribution in [0.4, 0.5) is 28.0 Å². The molecule has 0 saturated heterocycles. The number of halogens is 4. The largest absolute Gasteiger partial charge is 0.495 e. The number of esters is 1. The second-order valence-electron chi connectivity index (χ2n) is 6.21. The third-order valence-corrected chi connectivity index (χ3v) is 4.42. The van der Waals surface area contributed by atoms with Crippen LogP contribution in [0.5, 0.6) is 0 Å². The number of fused-ring (bicyclic) bond motifs is 1. The predicted molar refractivity (Wildman–Crippen MR) is 101 cm³/mol. The standard InChI is InChI=1S/C20H20F4N2O4/c1-5-16(29-3)15(9-11(2)20(22,23)24)26-14(10-17(27)30-4)12-7-6-8-13(21)18(12)25-19(26)28/h5-9,14H,2,10H2,1,3-4H3,(H,25,28)/b15-9+,16-5+. The Morgan fingerprint density at radius 2 is 1.97 bits per heavy atom. The predicted octanol–water partition coefficient (Wildman–Crippen LogP) is 4.83. The van der Waals surface area contributed by atoms with Gasteiger partial charge in [-0.1, -0.05) is 18.7 Å². The van der Waals surface area contributed by atoms with Crippen molar-refractivity contribution in [2.45, 2.75) is 25.6 Å². The molecule has 0 radical (unpaired) electrons. The molecule has 2 rings (SSSR count). The molecule has 10 heteroatoms. The molecule has 0 aromatic heterocycles. The van der Waals surface area contributed by atoms with E-state index in [1.807, 2.05) is 0 Å². The van der Waals surface area contributed by atoms with Crippen LogP contribution in [0.3, 0.4) is 0 Å². The summed E-state index contributed by atoms with van der Waals surface area (Å²) in [7, 11) is 2.33. The van der Waals surface area contributed by atoms with Crippen LogP contribution in [0.2, 0.25) is 0 Å². The van der Waals surface area contributed by atoms with Gasteiger partial charge in [-0.2, -0.15) is 13.2 Å². The van der Waals surface area contributed by atoms with Gasteiger partial charge in [-0.15, -0.1) is 0 Å². The van der Waals surface area contributed by atoms with Crippen molar-refractivity contribution in [3.8, 4) is 0 Å². The van der Waals surface area contributed by atoms with Gasteiger partial charge in [0.1, 0.15) is 11.6 Å². The molecule has 0 bridgehead atoms. The van der Waals surface area contributed by atoms with Crippen LogP contribution in [0.25, 0.3) is 0 Å². The van der Waals surface area contributed by atoms with Gasteiger partial charge in [0.05, 0.1) is 43.6 Å². The number of anilines is 1. The topological polar surface area (TPSA) is 67.9 Å². The van der Waals surface area contributed by atoms with Gasteiger partial charge in [-0.05, 0) is 25.1 Å². The zero-order valence-electron chi connectivity index (χ0n) is 16.5. The third-order valence-electron chi connectivity index (χ3n) is 4.42. The van der Waals surface area contributed by atoms with Crippen molar-refractivity contribution < 1.29 is 36.6 Å². The van der Waals surface area contributed by atoms with Gasteiger partial charge in [-0.25, -0.2) is 9.18 Å². The highest BCUT2D eigenvalue weighted by molar-refractivity contribution is 5.95. The number of methoxy groups -OCH3 is 2. The second kappa shape index (κ2) is 9.02. The Kier molecular flexibility index (Phi) is 6.91. The normalized spacial score (nSPS) is 17.2. The Bertz CT molecular complexity index is 922. The fourth-order valence-corrected chi connectivity index (χ4v) is 2.99. The molecule has 1 heterocycles. The van der Waals surface area contributed by atoms with Crippen LogP contribution in [0.15, 0.2) is 54.0 Å². The SMILES string of the molecule is C=C(/C=C(\C(=C/C)OC)N1C(=O)Nc2c(F)cccc2C1CC(=O)OC)C(F)(F)F. The minimum atomic E-state index is -4.77. The van der Waals surface area contributed by atoms with E-state index in [1.54, 1.807) is 0 Å². The van der Waals surface area contributed by atoms with Crippen molar-refractivity contribution in [2.24, 2.45) is 0 Å². The molecule has 162 valence electrons. The van der Waals surface area contributed by atoms with Gasteiger partial charge in [0, 0.05) is 5.56 Å². The summed E-state index contributed by atoms with van der Waals surface area (Å²) in [4.78, 5) is 25.8. The maximum absolute atomic E-state index is 14.3. The monoisotopic (exact) mass is 428 g/mol. The van der Waals surface area contributed by atoms with E-state index in [2.05, 4.69) is 16.6 Å². The van der Waals surface area contributed by atoms with Crippen molar-refractivity contribution >= 4 is 17.7 Å². The van der Waals surface area contributed by atoms with Crippen LogP contribution in [-0.4, -0.2) is 37.3 Å². The number of para-hydroxylation sites is 1. The second-order valence-corrected chi connectivity index (χ2v) is 6.21. The molecule has 30 heavy (non-hydrogen) atoms. The first-order valence-electron chi connectivity index (χ1n) is 8.69. The number of amides is 2. The lowest BCUT2D eigenvalue weighted by Crippen LogP contribution is -2.43. The van der Waals surface area contributed by atoms with Crippen LogP contribution in [0, 0.1) is 5.82 Å². The number of carbonyl (C=O) groups is 2. The lowest BCUT2D eigenvalue weighted by molar-refractivity contribution is -0.141. The van der Waals surface area contributed by atoms with Crippen molar-refractivity contribution in [1.29, 1.82) is 0 Å². The molecule has 1 aromatic rings. The Hall–Kier alpha value is -3.30. The Morgan fingerprint density at radius 1 is 1.30 bits per heavy atom. The highest BCUT2D eigenvalue weighted by Gasteiger charge is 2.40. The number of hydrogen-bond donors (Lipinski definition) is 1. The molecule has 6 nitrogen and oxygen atoms in total. The molecule has 1 N–H and O–H groups in total. The number of ether oxygens (including phenoxy) is 2. The highest BCUT2D eigenvalue weighted by Crippen LogP contribution is 2.41. The number of carbonyl (C=O) groups excluding carboxylic acids is 2. The summed E-state index contributed by atoms with van der Waals surface area (Å²) in [6.07, 6.45) is -3.23. The summed E-state index contributed by atoms with van der Waals surface area (Å²) in [5.74, 6) is -1.58. The van der Waals surface area contributed by atoms with Gasteiger partial charge in [0.2, 0.25) is 0 Å². The maximum Gasteiger partial charge on any atom is 0.415 e. The van der Waals surface area contributed by atoms with E-state index < -0.39 is 42.0 Å². The number of urea groups is 1. The molecule has 1 aliphatic rings. The molecule has 2 amide bonds. The van der Waals surface area contributed by atoms with Gasteiger partial charge in [0.25, 0.3) is 0 Å². The number of hydrogen-bond acceptors (Lipinski definition) is 4. The first-order valence-corrected chi connectivity index (χ1v) is 8.69. The van der Waals surface area contributed by atoms with Gasteiger partial charge < -0.3 is 14.8 Å². The minimum absolute atomic E-state index is 0.0785. The van der Waals surface area contributed by atoms with Crippen LogP contribution >= 0.6 is 0 Å². The smallest absolute Gasteiger partial charge is 0.415 e. The molecule has 0 spiro atoms. The molecule has 1 aliphatic heterocycles. The van der Waals surface area contributed by atoms with E-state index in [9.17, 15) is 27.2 Å². The number of nitrogens with one attached hydrogen (secondary N) is 1. The third kappa shape index (κ3) is 4.64. The van der Waals surface area contributed by atoms with Crippen molar-refractivity contribution in [1.82, 2.24) is 4.90 Å². The molecule has 1 atom stereocenters. The lowest BCUT2D eigenvalue weighted by Gasteiger charge is -2.38. The molecule has 1 aromatic carbocycles. The molecule has 0 saturated carbocycles. The molecule has 0 aliphatic carbocycles. The zero-order valence-corrected chi connectivity index (χ0v) is 16.5. The highest BCUT2D eigenvalue weighted by atomic mass is 19.4. The van der Waals surface area contributed by atoms with E-state index in [-0.39, 0.29) is 22.7 Å². The fourth-order valence-electron chi connectivity index (χ4n) is 2.99. The molecular formula is C20H20F4N2O4. The van der Waals surface area contributed by atoms with E-state index in [0.717, 1.165) is 18.1 Å². The summed E-state index contributed by atoms with van der Waals surface area (Å²) in [5, 5.41) is 2.32. The van der Waals surface area contributed by atoms with Gasteiger partial charge in [0.15, 0.2) is 0 Å². The average Bonchev–Trinajstić information content (AvgIpc) is 2.68. The summed E-state index contributed by atoms with van der Waals surface area (Å²) < 4.78 is 63.5. The first kappa shape index (κ1) is 23.0. The van der Waals surface area contributed by atoms with Crippen LogP contribution in [0.1, 0.15) is 24.9 Å². The van der Waals surface area contributed by atoms with E-state index >= 15 is 0 Å². The fraction of sp³-hybridized carbons (Fsp3) is 0.300. The molecule has 0 fully saturated rings. The first-order chi connectivity index (χ1) is 14.0. The molecule has 1 unspecified atom stereocenters. The minimum Gasteiger partial charge on any atom is -0.495 e. The number of alkyl halides is 3. The Labute approximate surface area is 170 Å². The quantitative estimate of drug-likeness (QED) is 0.305. The number of allylic oxidation sites excluding steroid dienone is 3. The summed E-state index contributed by atoms with van der Waals surface area (Å²) in [6, 6.07) is 1.82. The lowest BCUT2D eigenvalue weighted by atomic mass is 9.96. The van der Waals surface area contributed by atoms with E-state index in [1.165, 1.54) is 32.2 Å². The Balaban J connectivity index is 2.73. The Morgan fingerprint density at radius 3 is 2.50 bits per heavy atom. The van der Waals surface area contributed by atoms with Crippen molar-refractivity contribution in [3.05, 3.63) is 65.3 Å². The van der Waals surface area contributed by atoms with E-state index in [0.29, 0.717) is 6.08 Å². The van der Waals surface area contributed by atoms with Gasteiger partial charge in [-0.3, -0.25) is 9.69 Å². The maximum atomic E-state index is 14.3. The van der Waals surface area contributed by atoms with Gasteiger partial charge >= 0.3 is 18.2 Å². The van der Waals surface area contributed by atoms with E-state index in [4.69, 9.17) is 4.74 Å². The number of nitrogens with zero attached hydrogens (tertiary/aromatic N) is 1. The van der Waals surface area contributed by atoms with Crippen molar-refractivity contribution in [2.75, 3.05) is 19.5 Å².